The topological polar surface area (TPSA) is 95.7 Å². The van der Waals surface area contributed by atoms with Crippen LogP contribution in [0, 0.1) is 0 Å². The first-order valence-electron chi connectivity index (χ1n) is 6.77. The Labute approximate surface area is 131 Å². The lowest BCUT2D eigenvalue weighted by molar-refractivity contribution is -0.119. The Morgan fingerprint density at radius 1 is 1.38 bits per heavy atom. The van der Waals surface area contributed by atoms with E-state index in [0.29, 0.717) is 4.47 Å². The van der Waals surface area contributed by atoms with Crippen LogP contribution >= 0.6 is 15.9 Å². The molecule has 1 aromatic carbocycles. The first-order valence-corrected chi connectivity index (χ1v) is 7.57. The quantitative estimate of drug-likeness (QED) is 0.745. The molecule has 0 aromatic heterocycles. The second kappa shape index (κ2) is 6.91. The van der Waals surface area contributed by atoms with E-state index in [2.05, 4.69) is 21.2 Å². The molecular formula is C14H18BrN3O3. The van der Waals surface area contributed by atoms with Crippen LogP contribution in [0.4, 0.5) is 0 Å². The molecule has 0 aliphatic carbocycles. The Kier molecular flexibility index (Phi) is 5.19. The number of benzene rings is 1. The van der Waals surface area contributed by atoms with Crippen LogP contribution in [0.1, 0.15) is 23.2 Å². The van der Waals surface area contributed by atoms with Crippen molar-refractivity contribution < 1.29 is 14.7 Å². The summed E-state index contributed by atoms with van der Waals surface area (Å²) in [6.07, 6.45) is 1.52. The van der Waals surface area contributed by atoms with Crippen molar-refractivity contribution in [2.24, 2.45) is 5.73 Å². The highest BCUT2D eigenvalue weighted by Crippen LogP contribution is 2.25. The summed E-state index contributed by atoms with van der Waals surface area (Å²) in [5.41, 5.74) is 5.43. The van der Waals surface area contributed by atoms with Gasteiger partial charge in [-0.3, -0.25) is 9.59 Å². The van der Waals surface area contributed by atoms with Crippen LogP contribution in [0.15, 0.2) is 22.7 Å². The summed E-state index contributed by atoms with van der Waals surface area (Å²) in [5, 5.41) is 13.1. The Balaban J connectivity index is 2.28. The number of hydrogen-bond donors (Lipinski definition) is 3. The van der Waals surface area contributed by atoms with Crippen LogP contribution in [0.25, 0.3) is 0 Å². The number of rotatable bonds is 4. The van der Waals surface area contributed by atoms with E-state index in [0.717, 1.165) is 25.9 Å². The number of amides is 2. The van der Waals surface area contributed by atoms with Crippen LogP contribution in [0.3, 0.4) is 0 Å². The van der Waals surface area contributed by atoms with Crippen LogP contribution in [0.2, 0.25) is 0 Å². The van der Waals surface area contributed by atoms with E-state index < -0.39 is 5.91 Å². The smallest absolute Gasteiger partial charge is 0.258 e. The normalized spacial score (nSPS) is 15.7. The number of carbonyl (C=O) groups is 2. The van der Waals surface area contributed by atoms with Gasteiger partial charge in [0.2, 0.25) is 5.91 Å². The molecule has 2 rings (SSSR count). The molecule has 21 heavy (non-hydrogen) atoms. The summed E-state index contributed by atoms with van der Waals surface area (Å²) in [4.78, 5) is 25.4. The second-order valence-corrected chi connectivity index (χ2v) is 5.96. The predicted octanol–water partition coefficient (Wildman–Crippen LogP) is 0.834. The number of phenolic OH excluding ortho intramolecular Hbond substituents is 1. The lowest BCUT2D eigenvalue weighted by atomic mass is 10.0. The average molecular weight is 356 g/mol. The van der Waals surface area contributed by atoms with Gasteiger partial charge in [0.15, 0.2) is 0 Å². The molecule has 0 saturated carbocycles. The third-order valence-electron chi connectivity index (χ3n) is 3.53. The van der Waals surface area contributed by atoms with Gasteiger partial charge in [0.25, 0.3) is 5.91 Å². The van der Waals surface area contributed by atoms with Crippen molar-refractivity contribution in [3.63, 3.8) is 0 Å². The zero-order valence-corrected chi connectivity index (χ0v) is 13.1. The van der Waals surface area contributed by atoms with Gasteiger partial charge >= 0.3 is 0 Å². The van der Waals surface area contributed by atoms with E-state index in [-0.39, 0.29) is 29.8 Å². The maximum atomic E-state index is 12.7. The van der Waals surface area contributed by atoms with Crippen LogP contribution < -0.4 is 11.1 Å². The number of aromatic hydroxyl groups is 1. The van der Waals surface area contributed by atoms with Gasteiger partial charge in [-0.05, 0) is 44.1 Å². The number of nitrogens with two attached hydrogens (primary N) is 1. The van der Waals surface area contributed by atoms with Crippen molar-refractivity contribution in [2.45, 2.75) is 18.9 Å². The molecule has 1 heterocycles. The molecular weight excluding hydrogens is 338 g/mol. The van der Waals surface area contributed by atoms with Gasteiger partial charge in [0.1, 0.15) is 5.75 Å². The third kappa shape index (κ3) is 3.95. The van der Waals surface area contributed by atoms with Gasteiger partial charge in [0, 0.05) is 10.5 Å². The maximum Gasteiger partial charge on any atom is 0.258 e. The van der Waals surface area contributed by atoms with Gasteiger partial charge in [-0.1, -0.05) is 15.9 Å². The number of halogens is 1. The Morgan fingerprint density at radius 2 is 2.05 bits per heavy atom. The van der Waals surface area contributed by atoms with Crippen molar-refractivity contribution in [1.82, 2.24) is 10.2 Å². The molecule has 0 unspecified atom stereocenters. The second-order valence-electron chi connectivity index (χ2n) is 5.04. The molecule has 1 saturated heterocycles. The number of hydrogen-bond acceptors (Lipinski definition) is 4. The fourth-order valence-corrected chi connectivity index (χ4v) is 2.85. The van der Waals surface area contributed by atoms with Crippen molar-refractivity contribution in [1.29, 1.82) is 0 Å². The Morgan fingerprint density at radius 3 is 2.67 bits per heavy atom. The summed E-state index contributed by atoms with van der Waals surface area (Å²) in [7, 11) is 0. The SMILES string of the molecule is NC(=O)CN(C(=O)c1cc(Br)ccc1O)C1CCNCC1. The molecule has 1 aliphatic rings. The van der Waals surface area contributed by atoms with E-state index in [4.69, 9.17) is 5.73 Å². The van der Waals surface area contributed by atoms with E-state index in [1.165, 1.54) is 11.0 Å². The van der Waals surface area contributed by atoms with E-state index in [9.17, 15) is 14.7 Å². The summed E-state index contributed by atoms with van der Waals surface area (Å²) < 4.78 is 0.688. The zero-order chi connectivity index (χ0) is 15.4. The first kappa shape index (κ1) is 15.8. The maximum absolute atomic E-state index is 12.7. The number of nitrogens with one attached hydrogen (secondary N) is 1. The molecule has 1 fully saturated rings. The molecule has 0 bridgehead atoms. The van der Waals surface area contributed by atoms with Crippen LogP contribution in [-0.4, -0.2) is 47.5 Å². The molecule has 0 radical (unpaired) electrons. The fraction of sp³-hybridized carbons (Fsp3) is 0.429. The number of carbonyl (C=O) groups excluding carboxylic acids is 2. The minimum absolute atomic E-state index is 0.0513. The Hall–Kier alpha value is -1.60. The summed E-state index contributed by atoms with van der Waals surface area (Å²) in [5.74, 6) is -1.04. The molecule has 6 nitrogen and oxygen atoms in total. The minimum atomic E-state index is -0.559. The van der Waals surface area contributed by atoms with Crippen molar-refractivity contribution >= 4 is 27.7 Å². The standard InChI is InChI=1S/C14H18BrN3O3/c15-9-1-2-12(19)11(7-9)14(21)18(8-13(16)20)10-3-5-17-6-4-10/h1-2,7,10,17,19H,3-6,8H2,(H2,16,20). The highest BCUT2D eigenvalue weighted by Gasteiger charge is 2.28. The van der Waals surface area contributed by atoms with E-state index >= 15 is 0 Å². The fourth-order valence-electron chi connectivity index (χ4n) is 2.49. The minimum Gasteiger partial charge on any atom is -0.507 e. The largest absolute Gasteiger partial charge is 0.507 e. The molecule has 2 amide bonds. The van der Waals surface area contributed by atoms with Crippen molar-refractivity contribution in [3.05, 3.63) is 28.2 Å². The predicted molar refractivity (Wildman–Crippen MR) is 81.9 cm³/mol. The highest BCUT2D eigenvalue weighted by atomic mass is 79.9. The van der Waals surface area contributed by atoms with Crippen LogP contribution in [0.5, 0.6) is 5.75 Å². The Bertz CT molecular complexity index is 544. The molecule has 4 N–H and O–H groups in total. The monoisotopic (exact) mass is 355 g/mol. The number of primary amides is 1. The zero-order valence-electron chi connectivity index (χ0n) is 11.5. The third-order valence-corrected chi connectivity index (χ3v) is 4.02. The van der Waals surface area contributed by atoms with Gasteiger partial charge in [-0.25, -0.2) is 0 Å². The molecule has 1 aromatic rings. The van der Waals surface area contributed by atoms with Gasteiger partial charge in [-0.2, -0.15) is 0 Å². The highest BCUT2D eigenvalue weighted by molar-refractivity contribution is 9.10. The van der Waals surface area contributed by atoms with Gasteiger partial charge in [-0.15, -0.1) is 0 Å². The van der Waals surface area contributed by atoms with E-state index in [1.54, 1.807) is 12.1 Å². The first-order chi connectivity index (χ1) is 9.99. The average Bonchev–Trinajstić information content (AvgIpc) is 2.47. The summed E-state index contributed by atoms with van der Waals surface area (Å²) in [6, 6.07) is 4.59. The van der Waals surface area contributed by atoms with Crippen LogP contribution in [-0.2, 0) is 4.79 Å². The number of nitrogens with zero attached hydrogens (tertiary/aromatic N) is 1. The van der Waals surface area contributed by atoms with E-state index in [1.807, 2.05) is 0 Å². The summed E-state index contributed by atoms with van der Waals surface area (Å²) in [6.45, 7) is 1.44. The molecule has 0 atom stereocenters. The molecule has 114 valence electrons. The summed E-state index contributed by atoms with van der Waals surface area (Å²) >= 11 is 3.28. The lowest BCUT2D eigenvalue weighted by Crippen LogP contribution is -2.49. The van der Waals surface area contributed by atoms with Crippen molar-refractivity contribution in [3.8, 4) is 5.75 Å². The number of piperidine rings is 1. The van der Waals surface area contributed by atoms with Gasteiger partial charge < -0.3 is 21.1 Å². The number of phenols is 1. The molecule has 0 spiro atoms. The van der Waals surface area contributed by atoms with Gasteiger partial charge in [0.05, 0.1) is 12.1 Å². The van der Waals surface area contributed by atoms with Crippen molar-refractivity contribution in [2.75, 3.05) is 19.6 Å². The molecule has 7 heteroatoms. The molecule has 1 aliphatic heterocycles. The lowest BCUT2D eigenvalue weighted by Gasteiger charge is -2.34.